The Morgan fingerprint density at radius 3 is 2.44 bits per heavy atom. The molecular formula is C42H44F5N7O5. The minimum Gasteiger partial charge on any atom is -0.474 e. The fourth-order valence-corrected chi connectivity index (χ4v) is 9.41. The average Bonchev–Trinajstić information content (AvgIpc) is 3.84. The molecule has 0 aliphatic carbocycles. The number of ether oxygens (including phenoxy) is 3. The molecule has 0 radical (unpaired) electrons. The average molecular weight is 822 g/mol. The lowest BCUT2D eigenvalue weighted by Gasteiger charge is -2.42. The molecule has 2 bridgehead atoms. The molecule has 4 aliphatic rings. The second kappa shape index (κ2) is 15.3. The van der Waals surface area contributed by atoms with Crippen molar-refractivity contribution in [3.63, 3.8) is 0 Å². The first-order chi connectivity index (χ1) is 28.1. The van der Waals surface area contributed by atoms with Gasteiger partial charge >= 0.3 is 24.2 Å². The summed E-state index contributed by atoms with van der Waals surface area (Å²) in [6.45, 7) is 4.52. The third-order valence-corrected chi connectivity index (χ3v) is 12.0. The number of alkyl halides is 3. The molecule has 0 saturated carbocycles. The quantitative estimate of drug-likeness (QED) is 0.134. The van der Waals surface area contributed by atoms with Gasteiger partial charge in [0.05, 0.1) is 29.3 Å². The molecule has 4 aromatic rings. The van der Waals surface area contributed by atoms with Crippen molar-refractivity contribution in [1.82, 2.24) is 29.7 Å². The summed E-state index contributed by atoms with van der Waals surface area (Å²) in [4.78, 5) is 45.2. The van der Waals surface area contributed by atoms with Gasteiger partial charge < -0.3 is 28.9 Å². The molecule has 312 valence electrons. The van der Waals surface area contributed by atoms with Gasteiger partial charge in [-0.1, -0.05) is 30.2 Å². The van der Waals surface area contributed by atoms with Gasteiger partial charge in [-0.25, -0.2) is 18.6 Å². The van der Waals surface area contributed by atoms with Crippen LogP contribution in [0.4, 0.5) is 32.6 Å². The van der Waals surface area contributed by atoms with Gasteiger partial charge in [0.2, 0.25) is 5.88 Å². The van der Waals surface area contributed by atoms with E-state index in [0.717, 1.165) is 37.1 Å². The van der Waals surface area contributed by atoms with Crippen molar-refractivity contribution in [2.24, 2.45) is 0 Å². The van der Waals surface area contributed by atoms with Crippen LogP contribution in [0.2, 0.25) is 0 Å². The number of terminal acetylenes is 1. The molecule has 8 rings (SSSR count). The van der Waals surface area contributed by atoms with Crippen molar-refractivity contribution in [3.05, 3.63) is 47.5 Å². The van der Waals surface area contributed by atoms with E-state index in [1.807, 2.05) is 0 Å². The summed E-state index contributed by atoms with van der Waals surface area (Å²) in [6.07, 6.45) is 3.62. The number of hydrogen-bond donors (Lipinski definition) is 0. The van der Waals surface area contributed by atoms with E-state index in [-0.39, 0.29) is 83.2 Å². The van der Waals surface area contributed by atoms with Crippen molar-refractivity contribution in [2.75, 3.05) is 51.8 Å². The molecule has 4 fully saturated rings. The Morgan fingerprint density at radius 1 is 1.02 bits per heavy atom. The van der Waals surface area contributed by atoms with E-state index < -0.39 is 53.5 Å². The van der Waals surface area contributed by atoms with Gasteiger partial charge in [0, 0.05) is 44.2 Å². The molecule has 4 saturated heterocycles. The molecule has 2 amide bonds. The van der Waals surface area contributed by atoms with Gasteiger partial charge in [-0.15, -0.1) is 6.42 Å². The Balaban J connectivity index is 1.25. The third kappa shape index (κ3) is 7.19. The summed E-state index contributed by atoms with van der Waals surface area (Å²) >= 11 is 0. The Kier molecular flexibility index (Phi) is 10.4. The zero-order valence-electron chi connectivity index (χ0n) is 33.1. The number of fused-ring (bicyclic) bond motifs is 5. The Hall–Kier alpha value is -5.50. The molecule has 0 N–H and O–H groups in total. The number of benzene rings is 2. The minimum atomic E-state index is -5.04. The summed E-state index contributed by atoms with van der Waals surface area (Å²) < 4.78 is 92.0. The number of halogens is 5. The highest BCUT2D eigenvalue weighted by molar-refractivity contribution is 6.03. The molecule has 4 aliphatic heterocycles. The van der Waals surface area contributed by atoms with E-state index in [0.29, 0.717) is 18.2 Å². The van der Waals surface area contributed by atoms with Gasteiger partial charge in [0.25, 0.3) is 0 Å². The van der Waals surface area contributed by atoms with Crippen molar-refractivity contribution < 1.29 is 45.8 Å². The summed E-state index contributed by atoms with van der Waals surface area (Å²) in [5.41, 5.74) is -0.781. The molecular weight excluding hydrogens is 777 g/mol. The number of carbonyl (C=O) groups is 2. The SMILES string of the molecule is C#Cc1c(F)ccc2cccc(-c3nc(OC(C)C)c4c(N5CC6CCC(C5)N6C(=O)C(F)(F)F)nc(OC[C@]56CCCN5[C@@H](COC(=O)N(C)C)CC6)nc4c3F)c12. The number of amides is 2. The van der Waals surface area contributed by atoms with Gasteiger partial charge in [0.15, 0.2) is 5.82 Å². The first-order valence-corrected chi connectivity index (χ1v) is 19.7. The van der Waals surface area contributed by atoms with E-state index in [1.54, 1.807) is 51.0 Å². The normalized spacial score (nSPS) is 22.9. The number of nitrogens with zero attached hydrogens (tertiary/aromatic N) is 7. The summed E-state index contributed by atoms with van der Waals surface area (Å²) in [5, 5.41) is 0.872. The van der Waals surface area contributed by atoms with Gasteiger partial charge in [-0.2, -0.15) is 23.1 Å². The zero-order valence-corrected chi connectivity index (χ0v) is 33.1. The van der Waals surface area contributed by atoms with Crippen LogP contribution in [0, 0.1) is 24.0 Å². The van der Waals surface area contributed by atoms with Gasteiger partial charge in [-0.05, 0) is 70.4 Å². The molecule has 12 nitrogen and oxygen atoms in total. The molecule has 2 aromatic heterocycles. The van der Waals surface area contributed by atoms with Crippen LogP contribution in [-0.4, -0.2) is 125 Å². The number of carbonyl (C=O) groups excluding carboxylic acids is 2. The van der Waals surface area contributed by atoms with E-state index in [2.05, 4.69) is 20.8 Å². The minimum absolute atomic E-state index is 0.0342. The summed E-state index contributed by atoms with van der Waals surface area (Å²) in [5.74, 6) is -1.01. The smallest absolute Gasteiger partial charge is 0.471 e. The van der Waals surface area contributed by atoms with E-state index in [9.17, 15) is 22.8 Å². The van der Waals surface area contributed by atoms with E-state index >= 15 is 8.78 Å². The molecule has 4 atom stereocenters. The van der Waals surface area contributed by atoms with Crippen LogP contribution in [0.15, 0.2) is 30.3 Å². The highest BCUT2D eigenvalue weighted by Crippen LogP contribution is 2.45. The predicted octanol–water partition coefficient (Wildman–Crippen LogP) is 6.71. The van der Waals surface area contributed by atoms with Gasteiger partial charge in [0.1, 0.15) is 41.4 Å². The third-order valence-electron chi connectivity index (χ3n) is 12.0. The van der Waals surface area contributed by atoms with Crippen LogP contribution in [0.1, 0.15) is 57.9 Å². The number of anilines is 1. The topological polar surface area (TPSA) is 113 Å². The van der Waals surface area contributed by atoms with Crippen LogP contribution < -0.4 is 14.4 Å². The monoisotopic (exact) mass is 821 g/mol. The van der Waals surface area contributed by atoms with Crippen LogP contribution in [0.3, 0.4) is 0 Å². The number of rotatable bonds is 9. The maximum atomic E-state index is 17.5. The molecule has 17 heteroatoms. The summed E-state index contributed by atoms with van der Waals surface area (Å²) in [7, 11) is 3.23. The number of piperazine rings is 1. The lowest BCUT2D eigenvalue weighted by Crippen LogP contribution is -2.59. The second-order valence-electron chi connectivity index (χ2n) is 16.2. The lowest BCUT2D eigenvalue weighted by molar-refractivity contribution is -0.188. The molecule has 2 aromatic carbocycles. The van der Waals surface area contributed by atoms with Crippen LogP contribution >= 0.6 is 0 Å². The number of hydrogen-bond acceptors (Lipinski definition) is 10. The van der Waals surface area contributed by atoms with Crippen LogP contribution in [-0.2, 0) is 9.53 Å². The number of aromatic nitrogens is 3. The maximum absolute atomic E-state index is 17.5. The maximum Gasteiger partial charge on any atom is 0.471 e. The fraction of sp³-hybridized carbons (Fsp3) is 0.500. The standard InChI is InChI=1S/C42H44F5N7O5/c1-6-28-30(43)14-11-24-9-7-10-29(31(24)28)34-33(44)35-32(37(48-34)59-23(2)3)36(52-19-25-12-13-26(20-52)54(25)38(55)42(45,46)47)50-39(49-35)58-22-41-16-8-18-53(41)27(15-17-41)21-57-40(56)51(4)5/h1,7,9-11,14,23,25-27H,8,12-13,15-22H2,2-5H3/t25?,26?,27-,41-/m1/s1. The zero-order chi connectivity index (χ0) is 42.0. The largest absolute Gasteiger partial charge is 0.474 e. The van der Waals surface area contributed by atoms with E-state index in [1.165, 1.54) is 17.0 Å². The second-order valence-corrected chi connectivity index (χ2v) is 16.2. The highest BCUT2D eigenvalue weighted by atomic mass is 19.4. The highest BCUT2D eigenvalue weighted by Gasteiger charge is 2.53. The van der Waals surface area contributed by atoms with Gasteiger partial charge in [-0.3, -0.25) is 9.69 Å². The predicted molar refractivity (Wildman–Crippen MR) is 208 cm³/mol. The van der Waals surface area contributed by atoms with Crippen molar-refractivity contribution >= 4 is 39.5 Å². The van der Waals surface area contributed by atoms with Crippen LogP contribution in [0.5, 0.6) is 11.9 Å². The van der Waals surface area contributed by atoms with Crippen molar-refractivity contribution in [1.29, 1.82) is 0 Å². The molecule has 59 heavy (non-hydrogen) atoms. The molecule has 0 spiro atoms. The van der Waals surface area contributed by atoms with Crippen LogP contribution in [0.25, 0.3) is 32.9 Å². The van der Waals surface area contributed by atoms with Crippen molar-refractivity contribution in [3.8, 4) is 35.5 Å². The molecule has 6 heterocycles. The Bertz CT molecular complexity index is 2360. The molecule has 2 unspecified atom stereocenters. The van der Waals surface area contributed by atoms with E-state index in [4.69, 9.17) is 25.6 Å². The fourth-order valence-electron chi connectivity index (χ4n) is 9.41. The first-order valence-electron chi connectivity index (χ1n) is 19.7. The Morgan fingerprint density at radius 2 is 1.76 bits per heavy atom. The summed E-state index contributed by atoms with van der Waals surface area (Å²) in [6, 6.07) is 5.94. The first kappa shape index (κ1) is 40.3. The number of pyridine rings is 1. The van der Waals surface area contributed by atoms with Crippen molar-refractivity contribution in [2.45, 2.75) is 88.3 Å². The Labute approximate surface area is 337 Å². The lowest BCUT2D eigenvalue weighted by atomic mass is 9.95.